The lowest BCUT2D eigenvalue weighted by molar-refractivity contribution is -0.112. The van der Waals surface area contributed by atoms with Gasteiger partial charge in [-0.25, -0.2) is 18.6 Å². The Morgan fingerprint density at radius 3 is 2.36 bits per heavy atom. The van der Waals surface area contributed by atoms with Crippen molar-refractivity contribution in [1.82, 2.24) is 0 Å². The molecule has 8 nitrogen and oxygen atoms in total. The first kappa shape index (κ1) is 26.5. The van der Waals surface area contributed by atoms with Crippen LogP contribution in [0.1, 0.15) is 36.5 Å². The zero-order chi connectivity index (χ0) is 27.9. The number of nitrogens with two attached hydrogens (primary N) is 2. The van der Waals surface area contributed by atoms with Gasteiger partial charge in [-0.3, -0.25) is 4.79 Å². The number of rotatable bonds is 6. The normalized spacial score (nSPS) is 14.3. The molecule has 0 saturated carbocycles. The Morgan fingerprint density at radius 1 is 0.974 bits per heavy atom. The number of primary sulfonamides is 1. The first-order valence-corrected chi connectivity index (χ1v) is 14.2. The van der Waals surface area contributed by atoms with E-state index in [2.05, 4.69) is 25.0 Å². The third-order valence-corrected chi connectivity index (χ3v) is 7.78. The number of para-hydroxylation sites is 1. The monoisotopic (exact) mass is 557 g/mol. The Hall–Kier alpha value is -4.12. The number of hydrogen-bond donors (Lipinski definition) is 2. The average molecular weight is 558 g/mol. The smallest absolute Gasteiger partial charge is 0.279 e. The molecule has 1 heterocycles. The van der Waals surface area contributed by atoms with Crippen molar-refractivity contribution >= 4 is 61.1 Å². The molecule has 1 aliphatic rings. The maximum absolute atomic E-state index is 13.9. The fourth-order valence-electron chi connectivity index (χ4n) is 4.66. The Morgan fingerprint density at radius 2 is 1.67 bits per heavy atom. The van der Waals surface area contributed by atoms with Crippen LogP contribution in [-0.4, -0.2) is 25.1 Å². The molecule has 0 fully saturated rings. The van der Waals surface area contributed by atoms with Crippen molar-refractivity contribution < 1.29 is 13.2 Å². The van der Waals surface area contributed by atoms with E-state index in [0.29, 0.717) is 17.8 Å². The van der Waals surface area contributed by atoms with Crippen LogP contribution in [0.2, 0.25) is 0 Å². The van der Waals surface area contributed by atoms with E-state index in [1.54, 1.807) is 11.0 Å². The summed E-state index contributed by atoms with van der Waals surface area (Å²) in [5, 5.41) is 13.0. The Bertz CT molecular complexity index is 1770. The summed E-state index contributed by atoms with van der Waals surface area (Å²) in [7, 11) is -4.13. The molecular weight excluding hydrogens is 530 g/mol. The number of anilines is 2. The fraction of sp³-hybridized carbons (Fsp3) is 0.138. The van der Waals surface area contributed by atoms with Crippen LogP contribution in [0.4, 0.5) is 11.4 Å². The highest BCUT2D eigenvalue weighted by Gasteiger charge is 2.36. The van der Waals surface area contributed by atoms with Crippen molar-refractivity contribution in [2.24, 2.45) is 16.0 Å². The number of fused-ring (bicyclic) bond motifs is 2. The second-order valence-electron chi connectivity index (χ2n) is 9.62. The third kappa shape index (κ3) is 5.14. The van der Waals surface area contributed by atoms with Gasteiger partial charge in [0.25, 0.3) is 5.91 Å². The molecule has 4 aromatic rings. The third-order valence-electron chi connectivity index (χ3n) is 6.64. The minimum Gasteiger partial charge on any atom is -0.374 e. The number of amides is 1. The van der Waals surface area contributed by atoms with Crippen molar-refractivity contribution in [2.75, 3.05) is 9.91 Å². The van der Waals surface area contributed by atoms with Crippen LogP contribution in [0.15, 0.2) is 94.9 Å². The second kappa shape index (κ2) is 10.2. The molecule has 0 aliphatic carbocycles. The molecule has 0 bridgehead atoms. The predicted molar refractivity (Wildman–Crippen MR) is 159 cm³/mol. The zero-order valence-corrected chi connectivity index (χ0v) is 23.0. The molecule has 0 unspecified atom stereocenters. The first-order chi connectivity index (χ1) is 18.5. The second-order valence-corrected chi connectivity index (χ2v) is 11.6. The van der Waals surface area contributed by atoms with Gasteiger partial charge in [0.15, 0.2) is 10.8 Å². The number of carbonyl (C=O) groups is 1. The highest BCUT2D eigenvalue weighted by atomic mass is 32.2. The van der Waals surface area contributed by atoms with Crippen LogP contribution < -0.4 is 20.8 Å². The SMILES string of the molecule is CC(C)c1ccc2c(c1)/C(=N/N(C(N)=S)c1ccccc1S(N)(=O)=O)C(=O)N2Cc1ccc2ccccc2c1. The summed E-state index contributed by atoms with van der Waals surface area (Å²) in [6.07, 6.45) is 0. The van der Waals surface area contributed by atoms with Gasteiger partial charge in [0.2, 0.25) is 10.0 Å². The largest absolute Gasteiger partial charge is 0.374 e. The number of sulfonamides is 1. The van der Waals surface area contributed by atoms with Gasteiger partial charge >= 0.3 is 0 Å². The van der Waals surface area contributed by atoms with Crippen molar-refractivity contribution in [3.8, 4) is 0 Å². The van der Waals surface area contributed by atoms with Gasteiger partial charge in [0.05, 0.1) is 17.9 Å². The van der Waals surface area contributed by atoms with E-state index in [4.69, 9.17) is 23.1 Å². The summed E-state index contributed by atoms with van der Waals surface area (Å²) in [5.41, 5.74) is 9.44. The lowest BCUT2D eigenvalue weighted by Crippen LogP contribution is -2.36. The van der Waals surface area contributed by atoms with Crippen LogP contribution in [-0.2, 0) is 21.4 Å². The number of thiocarbonyl (C=S) groups is 1. The molecule has 0 spiro atoms. The Labute approximate surface area is 232 Å². The molecule has 0 saturated heterocycles. The molecule has 198 valence electrons. The number of hydrogen-bond acceptors (Lipinski definition) is 5. The maximum atomic E-state index is 13.9. The van der Waals surface area contributed by atoms with E-state index in [-0.39, 0.29) is 33.2 Å². The number of carbonyl (C=O) groups excluding carboxylic acids is 1. The lowest BCUT2D eigenvalue weighted by atomic mass is 9.99. The highest BCUT2D eigenvalue weighted by Crippen LogP contribution is 2.35. The van der Waals surface area contributed by atoms with Gasteiger partial charge < -0.3 is 10.6 Å². The van der Waals surface area contributed by atoms with Gasteiger partial charge in [-0.15, -0.1) is 0 Å². The van der Waals surface area contributed by atoms with E-state index >= 15 is 0 Å². The van der Waals surface area contributed by atoms with Crippen molar-refractivity contribution in [2.45, 2.75) is 31.2 Å². The quantitative estimate of drug-likeness (QED) is 0.264. The Kier molecular flexibility index (Phi) is 6.94. The molecule has 0 radical (unpaired) electrons. The molecule has 1 aliphatic heterocycles. The number of hydrazone groups is 1. The molecule has 4 N–H and O–H groups in total. The molecular formula is C29H27N5O3S2. The Balaban J connectivity index is 1.64. The zero-order valence-electron chi connectivity index (χ0n) is 21.4. The molecule has 1 amide bonds. The van der Waals surface area contributed by atoms with E-state index in [0.717, 1.165) is 26.9 Å². The van der Waals surface area contributed by atoms with Crippen LogP contribution >= 0.6 is 12.2 Å². The predicted octanol–water partition coefficient (Wildman–Crippen LogP) is 4.61. The van der Waals surface area contributed by atoms with Gasteiger partial charge in [-0.2, -0.15) is 5.10 Å². The number of nitrogens with zero attached hydrogens (tertiary/aromatic N) is 3. The summed E-state index contributed by atoms with van der Waals surface area (Å²) in [6, 6.07) is 25.9. The fourth-order valence-corrected chi connectivity index (χ4v) is 5.51. The van der Waals surface area contributed by atoms with Gasteiger partial charge in [0.1, 0.15) is 4.90 Å². The van der Waals surface area contributed by atoms with E-state index in [9.17, 15) is 13.2 Å². The van der Waals surface area contributed by atoms with Crippen LogP contribution in [0.25, 0.3) is 10.8 Å². The summed E-state index contributed by atoms with van der Waals surface area (Å²) >= 11 is 5.24. The summed E-state index contributed by atoms with van der Waals surface area (Å²) in [6.45, 7) is 4.44. The lowest BCUT2D eigenvalue weighted by Gasteiger charge is -2.20. The molecule has 10 heteroatoms. The van der Waals surface area contributed by atoms with Gasteiger partial charge in [0, 0.05) is 5.56 Å². The van der Waals surface area contributed by atoms with Crippen molar-refractivity contribution in [3.05, 3.63) is 102 Å². The number of benzene rings is 4. The first-order valence-electron chi connectivity index (χ1n) is 12.3. The molecule has 39 heavy (non-hydrogen) atoms. The molecule has 0 atom stereocenters. The minimum atomic E-state index is -4.13. The molecule has 5 rings (SSSR count). The van der Waals surface area contributed by atoms with E-state index in [1.165, 1.54) is 18.2 Å². The van der Waals surface area contributed by atoms with E-state index < -0.39 is 10.0 Å². The minimum absolute atomic E-state index is 0.0577. The average Bonchev–Trinajstić information content (AvgIpc) is 3.16. The maximum Gasteiger partial charge on any atom is 0.279 e. The topological polar surface area (TPSA) is 122 Å². The summed E-state index contributed by atoms with van der Waals surface area (Å²) < 4.78 is 24.6. The summed E-state index contributed by atoms with van der Waals surface area (Å²) in [4.78, 5) is 15.4. The van der Waals surface area contributed by atoms with Crippen LogP contribution in [0.5, 0.6) is 0 Å². The molecule has 0 aromatic heterocycles. The summed E-state index contributed by atoms with van der Waals surface area (Å²) in [5.74, 6) is -0.149. The molecule has 4 aromatic carbocycles. The van der Waals surface area contributed by atoms with Crippen LogP contribution in [0, 0.1) is 0 Å². The van der Waals surface area contributed by atoms with Crippen LogP contribution in [0.3, 0.4) is 0 Å². The van der Waals surface area contributed by atoms with Gasteiger partial charge in [-0.1, -0.05) is 68.4 Å². The van der Waals surface area contributed by atoms with Crippen molar-refractivity contribution in [1.29, 1.82) is 0 Å². The van der Waals surface area contributed by atoms with E-state index in [1.807, 2.05) is 54.6 Å². The standard InChI is InChI=1S/C29H27N5O3S2/c1-18(2)21-13-14-24-23(16-21)27(32-34(29(30)38)25-9-5-6-10-26(25)39(31,36)37)28(35)33(24)17-19-11-12-20-7-3-4-8-22(20)15-19/h3-16,18H,17H2,1-2H3,(H2,30,38)(H2,31,36,37)/b32-27-. The van der Waals surface area contributed by atoms with Crippen molar-refractivity contribution in [3.63, 3.8) is 0 Å². The highest BCUT2D eigenvalue weighted by molar-refractivity contribution is 7.89. The van der Waals surface area contributed by atoms with Gasteiger partial charge in [-0.05, 0) is 70.4 Å².